The molecule has 0 saturated heterocycles. The van der Waals surface area contributed by atoms with Crippen molar-refractivity contribution in [1.82, 2.24) is 0 Å². The molecular weight excluding hydrogens is 380 g/mol. The highest BCUT2D eigenvalue weighted by Gasteiger charge is 2.16. The maximum absolute atomic E-state index is 12.2. The fourth-order valence-electron chi connectivity index (χ4n) is 1.68. The SMILES string of the molecule is O=C(Nc1ccc(Cl)cc1Cl)c1cc(Br)cc(B(O)O)c1. The zero-order valence-corrected chi connectivity index (χ0v) is 13.6. The second-order valence-electron chi connectivity index (χ2n) is 4.23. The van der Waals surface area contributed by atoms with Gasteiger partial charge < -0.3 is 15.4 Å². The molecule has 0 fully saturated rings. The Labute approximate surface area is 140 Å². The first-order valence-electron chi connectivity index (χ1n) is 5.80. The minimum atomic E-state index is -1.66. The van der Waals surface area contributed by atoms with Gasteiger partial charge in [-0.15, -0.1) is 0 Å². The first-order valence-corrected chi connectivity index (χ1v) is 7.35. The van der Waals surface area contributed by atoms with Gasteiger partial charge in [-0.3, -0.25) is 4.79 Å². The van der Waals surface area contributed by atoms with Gasteiger partial charge in [-0.1, -0.05) is 39.1 Å². The number of hydrogen-bond acceptors (Lipinski definition) is 3. The van der Waals surface area contributed by atoms with Gasteiger partial charge in [0, 0.05) is 15.1 Å². The van der Waals surface area contributed by atoms with E-state index in [4.69, 9.17) is 23.2 Å². The van der Waals surface area contributed by atoms with E-state index < -0.39 is 13.0 Å². The summed E-state index contributed by atoms with van der Waals surface area (Å²) in [6.07, 6.45) is 0. The fourth-order valence-corrected chi connectivity index (χ4v) is 2.64. The Hall–Kier alpha value is -1.05. The second kappa shape index (κ2) is 6.81. The van der Waals surface area contributed by atoms with Crippen molar-refractivity contribution in [3.8, 4) is 0 Å². The maximum atomic E-state index is 12.2. The zero-order valence-electron chi connectivity index (χ0n) is 10.5. The third kappa shape index (κ3) is 4.21. The summed E-state index contributed by atoms with van der Waals surface area (Å²) in [5.41, 5.74) is 0.882. The predicted octanol–water partition coefficient (Wildman–Crippen LogP) is 2.69. The molecule has 0 aliphatic rings. The molecule has 0 bridgehead atoms. The molecule has 1 amide bonds. The molecule has 0 unspecified atom stereocenters. The standard InChI is InChI=1S/C13H9BBrCl2NO3/c15-9-4-7(3-8(5-9)14(20)21)13(19)18-12-2-1-10(16)6-11(12)17/h1-6,20-21H,(H,18,19). The van der Waals surface area contributed by atoms with Crippen LogP contribution in [0.5, 0.6) is 0 Å². The molecule has 0 aliphatic carbocycles. The molecule has 108 valence electrons. The van der Waals surface area contributed by atoms with E-state index in [-0.39, 0.29) is 11.0 Å². The lowest BCUT2D eigenvalue weighted by atomic mass is 9.79. The van der Waals surface area contributed by atoms with Crippen molar-refractivity contribution < 1.29 is 14.8 Å². The number of rotatable bonds is 3. The topological polar surface area (TPSA) is 69.6 Å². The number of anilines is 1. The van der Waals surface area contributed by atoms with Crippen LogP contribution in [0.3, 0.4) is 0 Å². The highest BCUT2D eigenvalue weighted by molar-refractivity contribution is 9.10. The average Bonchev–Trinajstić information content (AvgIpc) is 2.41. The van der Waals surface area contributed by atoms with Crippen molar-refractivity contribution >= 4 is 63.3 Å². The van der Waals surface area contributed by atoms with Crippen LogP contribution in [-0.4, -0.2) is 23.1 Å². The molecule has 0 spiro atoms. The molecule has 0 aromatic heterocycles. The van der Waals surface area contributed by atoms with E-state index in [2.05, 4.69) is 21.2 Å². The summed E-state index contributed by atoms with van der Waals surface area (Å²) < 4.78 is 0.556. The lowest BCUT2D eigenvalue weighted by Crippen LogP contribution is -2.31. The van der Waals surface area contributed by atoms with E-state index in [1.807, 2.05) is 0 Å². The Morgan fingerprint density at radius 2 is 1.86 bits per heavy atom. The smallest absolute Gasteiger partial charge is 0.423 e. The van der Waals surface area contributed by atoms with Crippen molar-refractivity contribution in [2.75, 3.05) is 5.32 Å². The maximum Gasteiger partial charge on any atom is 0.488 e. The fraction of sp³-hybridized carbons (Fsp3) is 0. The largest absolute Gasteiger partial charge is 0.488 e. The van der Waals surface area contributed by atoms with Crippen molar-refractivity contribution in [3.05, 3.63) is 56.5 Å². The summed E-state index contributed by atoms with van der Waals surface area (Å²) in [4.78, 5) is 12.2. The monoisotopic (exact) mass is 387 g/mol. The Morgan fingerprint density at radius 1 is 1.14 bits per heavy atom. The molecule has 8 heteroatoms. The van der Waals surface area contributed by atoms with E-state index in [9.17, 15) is 14.8 Å². The highest BCUT2D eigenvalue weighted by atomic mass is 79.9. The van der Waals surface area contributed by atoms with Crippen LogP contribution in [0.4, 0.5) is 5.69 Å². The number of hydrogen-bond donors (Lipinski definition) is 3. The summed E-state index contributed by atoms with van der Waals surface area (Å²) in [6.45, 7) is 0. The molecular formula is C13H9BBrCl2NO3. The van der Waals surface area contributed by atoms with Crippen LogP contribution in [0.1, 0.15) is 10.4 Å². The van der Waals surface area contributed by atoms with Crippen LogP contribution in [-0.2, 0) is 0 Å². The summed E-state index contributed by atoms with van der Waals surface area (Å²) in [6, 6.07) is 9.16. The highest BCUT2D eigenvalue weighted by Crippen LogP contribution is 2.26. The zero-order chi connectivity index (χ0) is 15.6. The Bertz CT molecular complexity index is 697. The van der Waals surface area contributed by atoms with Crippen molar-refractivity contribution in [2.45, 2.75) is 0 Å². The van der Waals surface area contributed by atoms with E-state index in [1.54, 1.807) is 18.2 Å². The molecule has 2 rings (SSSR count). The predicted molar refractivity (Wildman–Crippen MR) is 88.4 cm³/mol. The van der Waals surface area contributed by atoms with Gasteiger partial charge in [0.1, 0.15) is 0 Å². The van der Waals surface area contributed by atoms with Crippen LogP contribution >= 0.6 is 39.1 Å². The molecule has 21 heavy (non-hydrogen) atoms. The van der Waals surface area contributed by atoms with Crippen LogP contribution < -0.4 is 10.8 Å². The Balaban J connectivity index is 2.28. The number of benzene rings is 2. The van der Waals surface area contributed by atoms with Gasteiger partial charge in [-0.05, 0) is 41.9 Å². The molecule has 0 radical (unpaired) electrons. The second-order valence-corrected chi connectivity index (χ2v) is 5.98. The van der Waals surface area contributed by atoms with Crippen LogP contribution in [0.2, 0.25) is 10.0 Å². The molecule has 0 heterocycles. The Morgan fingerprint density at radius 3 is 2.48 bits per heavy atom. The third-order valence-corrected chi connectivity index (χ3v) is 3.67. The normalized spacial score (nSPS) is 10.3. The van der Waals surface area contributed by atoms with E-state index in [1.165, 1.54) is 18.2 Å². The van der Waals surface area contributed by atoms with E-state index >= 15 is 0 Å². The summed E-state index contributed by atoms with van der Waals surface area (Å²) >= 11 is 15.0. The number of carbonyl (C=O) groups is 1. The summed E-state index contributed by atoms with van der Waals surface area (Å²) in [7, 11) is -1.66. The first kappa shape index (κ1) is 16.3. The van der Waals surface area contributed by atoms with Crippen LogP contribution in [0.25, 0.3) is 0 Å². The lowest BCUT2D eigenvalue weighted by Gasteiger charge is -2.09. The van der Waals surface area contributed by atoms with Gasteiger partial charge in [-0.2, -0.15) is 0 Å². The molecule has 4 nitrogen and oxygen atoms in total. The average molecular weight is 389 g/mol. The van der Waals surface area contributed by atoms with Gasteiger partial charge in [0.15, 0.2) is 0 Å². The minimum absolute atomic E-state index is 0.205. The van der Waals surface area contributed by atoms with Gasteiger partial charge >= 0.3 is 7.12 Å². The summed E-state index contributed by atoms with van der Waals surface area (Å²) in [5, 5.41) is 21.8. The number of nitrogens with one attached hydrogen (secondary N) is 1. The van der Waals surface area contributed by atoms with Gasteiger partial charge in [0.2, 0.25) is 0 Å². The van der Waals surface area contributed by atoms with Crippen LogP contribution in [0, 0.1) is 0 Å². The van der Waals surface area contributed by atoms with E-state index in [0.29, 0.717) is 20.2 Å². The van der Waals surface area contributed by atoms with Crippen molar-refractivity contribution in [1.29, 1.82) is 0 Å². The van der Waals surface area contributed by atoms with E-state index in [0.717, 1.165) is 0 Å². The quantitative estimate of drug-likeness (QED) is 0.708. The molecule has 2 aromatic rings. The molecule has 2 aromatic carbocycles. The number of halogens is 3. The molecule has 0 aliphatic heterocycles. The summed E-state index contributed by atoms with van der Waals surface area (Å²) in [5.74, 6) is -0.428. The van der Waals surface area contributed by atoms with Crippen LogP contribution in [0.15, 0.2) is 40.9 Å². The number of carbonyl (C=O) groups excluding carboxylic acids is 1. The van der Waals surface area contributed by atoms with Gasteiger partial charge in [0.25, 0.3) is 5.91 Å². The lowest BCUT2D eigenvalue weighted by molar-refractivity contribution is 0.102. The molecule has 0 saturated carbocycles. The van der Waals surface area contributed by atoms with Crippen molar-refractivity contribution in [3.63, 3.8) is 0 Å². The van der Waals surface area contributed by atoms with Gasteiger partial charge in [0.05, 0.1) is 10.7 Å². The molecule has 3 N–H and O–H groups in total. The Kier molecular flexibility index (Phi) is 5.29. The van der Waals surface area contributed by atoms with Crippen molar-refractivity contribution in [2.24, 2.45) is 0 Å². The third-order valence-electron chi connectivity index (χ3n) is 2.66. The first-order chi connectivity index (χ1) is 9.86. The molecule has 0 atom stereocenters. The minimum Gasteiger partial charge on any atom is -0.423 e. The van der Waals surface area contributed by atoms with Gasteiger partial charge in [-0.25, -0.2) is 0 Å². The number of amides is 1.